The van der Waals surface area contributed by atoms with Crippen LogP contribution in [0.1, 0.15) is 25.0 Å². The van der Waals surface area contributed by atoms with Gasteiger partial charge in [0.05, 0.1) is 19.1 Å². The van der Waals surface area contributed by atoms with E-state index in [0.717, 1.165) is 0 Å². The van der Waals surface area contributed by atoms with E-state index in [1.54, 1.807) is 6.92 Å². The first kappa shape index (κ1) is 10.6. The Hall–Kier alpha value is -1.49. The Morgan fingerprint density at radius 3 is 2.79 bits per heavy atom. The van der Waals surface area contributed by atoms with Crippen molar-refractivity contribution in [3.8, 4) is 0 Å². The summed E-state index contributed by atoms with van der Waals surface area (Å²) in [5.41, 5.74) is 0.514. The molecular formula is C9H12N2O3. The van der Waals surface area contributed by atoms with Gasteiger partial charge in [0.1, 0.15) is 6.33 Å². The molecule has 0 aliphatic heterocycles. The highest BCUT2D eigenvalue weighted by atomic mass is 16.5. The van der Waals surface area contributed by atoms with E-state index in [0.29, 0.717) is 12.2 Å². The Morgan fingerprint density at radius 1 is 1.57 bits per heavy atom. The smallest absolute Gasteiger partial charge is 0.308 e. The van der Waals surface area contributed by atoms with Crippen molar-refractivity contribution in [2.24, 2.45) is 0 Å². The van der Waals surface area contributed by atoms with E-state index in [1.807, 2.05) is 0 Å². The molecule has 1 unspecified atom stereocenters. The van der Waals surface area contributed by atoms with Crippen molar-refractivity contribution in [1.82, 2.24) is 9.97 Å². The van der Waals surface area contributed by atoms with Crippen LogP contribution in [0.25, 0.3) is 0 Å². The number of aliphatic hydroxyl groups excluding tert-OH is 1. The number of hydrogen-bond donors (Lipinski definition) is 1. The molecule has 14 heavy (non-hydrogen) atoms. The molecule has 5 heteroatoms. The van der Waals surface area contributed by atoms with Gasteiger partial charge in [-0.3, -0.25) is 4.79 Å². The molecule has 76 valence electrons. The maximum atomic E-state index is 11.0. The lowest BCUT2D eigenvalue weighted by atomic mass is 10.1. The molecule has 0 fully saturated rings. The number of carbonyl (C=O) groups excluding carboxylic acids is 1. The fourth-order valence-corrected chi connectivity index (χ4v) is 0.978. The molecule has 1 aromatic rings. The van der Waals surface area contributed by atoms with Crippen LogP contribution in [0.3, 0.4) is 0 Å². The number of esters is 1. The van der Waals surface area contributed by atoms with Crippen LogP contribution < -0.4 is 0 Å². The molecule has 0 aliphatic rings. The second-order valence-electron chi connectivity index (χ2n) is 2.70. The molecule has 0 saturated heterocycles. The third-order valence-electron chi connectivity index (χ3n) is 1.63. The molecule has 0 spiro atoms. The van der Waals surface area contributed by atoms with Crippen LogP contribution in [-0.4, -0.2) is 27.7 Å². The summed E-state index contributed by atoms with van der Waals surface area (Å²) < 4.78 is 4.69. The third-order valence-corrected chi connectivity index (χ3v) is 1.63. The topological polar surface area (TPSA) is 72.3 Å². The van der Waals surface area contributed by atoms with Gasteiger partial charge >= 0.3 is 5.97 Å². The molecule has 0 saturated carbocycles. The predicted octanol–water partition coefficient (Wildman–Crippen LogP) is 0.463. The van der Waals surface area contributed by atoms with Crippen LogP contribution >= 0.6 is 0 Å². The number of aliphatic hydroxyl groups is 1. The average molecular weight is 196 g/mol. The number of ether oxygens (including phenoxy) is 1. The summed E-state index contributed by atoms with van der Waals surface area (Å²) in [4.78, 5) is 18.5. The molecule has 0 amide bonds. The van der Waals surface area contributed by atoms with E-state index in [4.69, 9.17) is 4.74 Å². The van der Waals surface area contributed by atoms with Crippen molar-refractivity contribution >= 4 is 5.97 Å². The van der Waals surface area contributed by atoms with Gasteiger partial charge in [-0.1, -0.05) is 0 Å². The first-order valence-electron chi connectivity index (χ1n) is 4.32. The third kappa shape index (κ3) is 3.10. The van der Waals surface area contributed by atoms with Crippen LogP contribution in [0.4, 0.5) is 0 Å². The lowest BCUT2D eigenvalue weighted by molar-refractivity contribution is -0.145. The summed E-state index contributed by atoms with van der Waals surface area (Å²) in [6.07, 6.45) is 3.34. The van der Waals surface area contributed by atoms with Crippen molar-refractivity contribution in [3.63, 3.8) is 0 Å². The van der Waals surface area contributed by atoms with Gasteiger partial charge in [0, 0.05) is 18.0 Å². The van der Waals surface area contributed by atoms with Gasteiger partial charge in [-0.25, -0.2) is 9.97 Å². The van der Waals surface area contributed by atoms with Crippen LogP contribution in [0, 0.1) is 0 Å². The fraction of sp³-hybridized carbons (Fsp3) is 0.444. The lowest BCUT2D eigenvalue weighted by Crippen LogP contribution is -2.10. The van der Waals surface area contributed by atoms with E-state index in [1.165, 1.54) is 18.7 Å². The quantitative estimate of drug-likeness (QED) is 0.708. The zero-order valence-corrected chi connectivity index (χ0v) is 7.88. The minimum atomic E-state index is -0.893. The van der Waals surface area contributed by atoms with Crippen LogP contribution in [0.5, 0.6) is 0 Å². The highest BCUT2D eigenvalue weighted by Gasteiger charge is 2.13. The summed E-state index contributed by atoms with van der Waals surface area (Å²) in [5.74, 6) is -0.427. The fourth-order valence-electron chi connectivity index (χ4n) is 0.978. The van der Waals surface area contributed by atoms with E-state index >= 15 is 0 Å². The highest BCUT2D eigenvalue weighted by Crippen LogP contribution is 2.14. The molecule has 0 aromatic carbocycles. The second-order valence-corrected chi connectivity index (χ2v) is 2.70. The molecule has 0 radical (unpaired) electrons. The Balaban J connectivity index is 2.50. The summed E-state index contributed by atoms with van der Waals surface area (Å²) in [6.45, 7) is 2.03. The maximum Gasteiger partial charge on any atom is 0.308 e. The molecule has 1 N–H and O–H groups in total. The van der Waals surface area contributed by atoms with Crippen molar-refractivity contribution in [1.29, 1.82) is 0 Å². The standard InChI is InChI=1S/C9H12N2O3/c1-2-14-9(13)3-8(12)7-4-10-6-11-5-7/h4-6,8,12H,2-3H2,1H3. The van der Waals surface area contributed by atoms with E-state index in [-0.39, 0.29) is 6.42 Å². The molecule has 0 bridgehead atoms. The molecule has 1 aromatic heterocycles. The summed E-state index contributed by atoms with van der Waals surface area (Å²) >= 11 is 0. The highest BCUT2D eigenvalue weighted by molar-refractivity contribution is 5.70. The molecule has 1 heterocycles. The number of nitrogens with zero attached hydrogens (tertiary/aromatic N) is 2. The van der Waals surface area contributed by atoms with Gasteiger partial charge < -0.3 is 9.84 Å². The Kier molecular flexibility index (Phi) is 4.00. The number of rotatable bonds is 4. The van der Waals surface area contributed by atoms with E-state index < -0.39 is 12.1 Å². The minimum Gasteiger partial charge on any atom is -0.466 e. The Morgan fingerprint density at radius 2 is 2.21 bits per heavy atom. The molecular weight excluding hydrogens is 184 g/mol. The normalized spacial score (nSPS) is 12.1. The number of hydrogen-bond acceptors (Lipinski definition) is 5. The van der Waals surface area contributed by atoms with Crippen LogP contribution in [0.2, 0.25) is 0 Å². The molecule has 1 atom stereocenters. The van der Waals surface area contributed by atoms with Crippen LogP contribution in [-0.2, 0) is 9.53 Å². The monoisotopic (exact) mass is 196 g/mol. The number of carbonyl (C=O) groups is 1. The molecule has 5 nitrogen and oxygen atoms in total. The predicted molar refractivity (Wildman–Crippen MR) is 48.2 cm³/mol. The summed E-state index contributed by atoms with van der Waals surface area (Å²) in [5, 5.41) is 9.54. The van der Waals surface area contributed by atoms with Gasteiger partial charge in [-0.05, 0) is 6.92 Å². The van der Waals surface area contributed by atoms with Gasteiger partial charge in [0.15, 0.2) is 0 Å². The van der Waals surface area contributed by atoms with Gasteiger partial charge in [0.25, 0.3) is 0 Å². The number of aromatic nitrogens is 2. The van der Waals surface area contributed by atoms with Gasteiger partial charge in [-0.2, -0.15) is 0 Å². The largest absolute Gasteiger partial charge is 0.466 e. The van der Waals surface area contributed by atoms with Gasteiger partial charge in [-0.15, -0.1) is 0 Å². The van der Waals surface area contributed by atoms with Crippen molar-refractivity contribution in [3.05, 3.63) is 24.3 Å². The molecule has 0 aliphatic carbocycles. The zero-order valence-electron chi connectivity index (χ0n) is 7.88. The van der Waals surface area contributed by atoms with Crippen molar-refractivity contribution < 1.29 is 14.6 Å². The minimum absolute atomic E-state index is 0.0682. The summed E-state index contributed by atoms with van der Waals surface area (Å²) in [6, 6.07) is 0. The van der Waals surface area contributed by atoms with E-state index in [2.05, 4.69) is 9.97 Å². The first-order valence-corrected chi connectivity index (χ1v) is 4.32. The Bertz CT molecular complexity index is 289. The van der Waals surface area contributed by atoms with Crippen molar-refractivity contribution in [2.75, 3.05) is 6.61 Å². The SMILES string of the molecule is CCOC(=O)CC(O)c1cncnc1. The van der Waals surface area contributed by atoms with E-state index in [9.17, 15) is 9.90 Å². The Labute approximate surface area is 81.8 Å². The van der Waals surface area contributed by atoms with Gasteiger partial charge in [0.2, 0.25) is 0 Å². The maximum absolute atomic E-state index is 11.0. The zero-order chi connectivity index (χ0) is 10.4. The lowest BCUT2D eigenvalue weighted by Gasteiger charge is -2.08. The summed E-state index contributed by atoms with van der Waals surface area (Å²) in [7, 11) is 0. The average Bonchev–Trinajstić information content (AvgIpc) is 2.19. The first-order chi connectivity index (χ1) is 6.74. The van der Waals surface area contributed by atoms with Crippen molar-refractivity contribution in [2.45, 2.75) is 19.4 Å². The molecule has 1 rings (SSSR count). The van der Waals surface area contributed by atoms with Crippen LogP contribution in [0.15, 0.2) is 18.7 Å². The second kappa shape index (κ2) is 5.29.